The van der Waals surface area contributed by atoms with Gasteiger partial charge in [0.25, 0.3) is 0 Å². The summed E-state index contributed by atoms with van der Waals surface area (Å²) in [6.07, 6.45) is 6.85. The Morgan fingerprint density at radius 1 is 1.39 bits per heavy atom. The number of carboxylic acid groups (broad SMARTS) is 1. The third-order valence-corrected chi connectivity index (χ3v) is 5.99. The lowest BCUT2D eigenvalue weighted by Crippen LogP contribution is -2.42. The van der Waals surface area contributed by atoms with Crippen LogP contribution in [0.1, 0.15) is 72.6 Å². The highest BCUT2D eigenvalue weighted by Gasteiger charge is 2.40. The second kappa shape index (κ2) is 6.94. The van der Waals surface area contributed by atoms with Gasteiger partial charge in [-0.15, -0.1) is 0 Å². The van der Waals surface area contributed by atoms with Crippen molar-refractivity contribution >= 4 is 5.97 Å². The van der Waals surface area contributed by atoms with E-state index in [0.29, 0.717) is 11.3 Å². The fraction of sp³-hybridized carbons (Fsp3) is 0.842. The Hall–Kier alpha value is -0.870. The minimum Gasteiger partial charge on any atom is -0.481 e. The fourth-order valence-corrected chi connectivity index (χ4v) is 4.09. The highest BCUT2D eigenvalue weighted by Crippen LogP contribution is 2.47. The number of carbonyl (C=O) groups is 1. The van der Waals surface area contributed by atoms with E-state index in [1.54, 1.807) is 6.92 Å². The van der Waals surface area contributed by atoms with Crippen molar-refractivity contribution in [1.29, 1.82) is 0 Å². The first-order chi connectivity index (χ1) is 10.6. The summed E-state index contributed by atoms with van der Waals surface area (Å²) in [6, 6.07) is 0. The molecule has 2 fully saturated rings. The monoisotopic (exact) mass is 324 g/mol. The SMILES string of the molecule is C=C1CCCC(C)(C)C1CC[C@]1(C)CC[C@@H]([C@@H](C)C(=O)O)OO1. The van der Waals surface area contributed by atoms with Gasteiger partial charge in [-0.2, -0.15) is 0 Å². The zero-order valence-electron chi connectivity index (χ0n) is 15.1. The van der Waals surface area contributed by atoms with E-state index >= 15 is 0 Å². The average Bonchev–Trinajstić information content (AvgIpc) is 2.46. The quantitative estimate of drug-likeness (QED) is 0.586. The molecule has 2 aliphatic rings. The Kier molecular flexibility index (Phi) is 5.57. The molecule has 0 aromatic carbocycles. The molecule has 0 bridgehead atoms. The summed E-state index contributed by atoms with van der Waals surface area (Å²) < 4.78 is 0. The number of allylic oxidation sites excluding steroid dienone is 1. The second-order valence-electron chi connectivity index (χ2n) is 8.43. The van der Waals surface area contributed by atoms with Crippen LogP contribution in [0.25, 0.3) is 0 Å². The van der Waals surface area contributed by atoms with Gasteiger partial charge in [0.15, 0.2) is 0 Å². The summed E-state index contributed by atoms with van der Waals surface area (Å²) in [5.74, 6) is -0.827. The van der Waals surface area contributed by atoms with Crippen LogP contribution in [0, 0.1) is 17.3 Å². The smallest absolute Gasteiger partial charge is 0.308 e. The van der Waals surface area contributed by atoms with E-state index in [9.17, 15) is 4.79 Å². The van der Waals surface area contributed by atoms with Crippen molar-refractivity contribution < 1.29 is 19.7 Å². The molecule has 4 heteroatoms. The van der Waals surface area contributed by atoms with Crippen molar-refractivity contribution in [3.63, 3.8) is 0 Å². The van der Waals surface area contributed by atoms with Crippen molar-refractivity contribution in [1.82, 2.24) is 0 Å². The van der Waals surface area contributed by atoms with Gasteiger partial charge in [0.05, 0.1) is 5.92 Å². The van der Waals surface area contributed by atoms with E-state index in [2.05, 4.69) is 27.4 Å². The van der Waals surface area contributed by atoms with Crippen LogP contribution < -0.4 is 0 Å². The third kappa shape index (κ3) is 4.36. The molecule has 1 N–H and O–H groups in total. The van der Waals surface area contributed by atoms with Gasteiger partial charge in [-0.05, 0) is 70.1 Å². The summed E-state index contributed by atoms with van der Waals surface area (Å²) in [6.45, 7) is 12.7. The molecule has 1 aliphatic heterocycles. The highest BCUT2D eigenvalue weighted by atomic mass is 17.2. The molecular formula is C19H32O4. The first-order valence-electron chi connectivity index (χ1n) is 8.90. The van der Waals surface area contributed by atoms with Gasteiger partial charge in [0.2, 0.25) is 0 Å². The van der Waals surface area contributed by atoms with Gasteiger partial charge in [-0.1, -0.05) is 26.0 Å². The molecule has 0 aromatic heterocycles. The summed E-state index contributed by atoms with van der Waals surface area (Å²) in [4.78, 5) is 22.1. The summed E-state index contributed by atoms with van der Waals surface area (Å²) in [5.41, 5.74) is 1.36. The minimum absolute atomic E-state index is 0.307. The Morgan fingerprint density at radius 3 is 2.61 bits per heavy atom. The predicted molar refractivity (Wildman–Crippen MR) is 89.9 cm³/mol. The maximum Gasteiger partial charge on any atom is 0.308 e. The number of hydrogen-bond donors (Lipinski definition) is 1. The maximum atomic E-state index is 11.1. The molecule has 0 amide bonds. The van der Waals surface area contributed by atoms with Crippen LogP contribution in [0.3, 0.4) is 0 Å². The molecule has 1 unspecified atom stereocenters. The molecule has 23 heavy (non-hydrogen) atoms. The van der Waals surface area contributed by atoms with Gasteiger partial charge in [-0.3, -0.25) is 4.79 Å². The zero-order chi connectivity index (χ0) is 17.3. The lowest BCUT2D eigenvalue weighted by atomic mass is 9.64. The van der Waals surface area contributed by atoms with Gasteiger partial charge in [0.1, 0.15) is 11.7 Å². The Labute approximate surface area is 140 Å². The van der Waals surface area contributed by atoms with Crippen molar-refractivity contribution in [2.24, 2.45) is 17.3 Å². The standard InChI is InChI=1S/C19H32O4/c1-13-7-6-10-18(3,4)15(13)8-11-19(5)12-9-16(22-23-19)14(2)17(20)21/h14-16H,1,6-12H2,2-5H3,(H,20,21)/t14-,15?,16+,19-/m1/s1. The lowest BCUT2D eigenvalue weighted by molar-refractivity contribution is -0.411. The molecule has 0 spiro atoms. The van der Waals surface area contributed by atoms with Crippen molar-refractivity contribution in [3.05, 3.63) is 12.2 Å². The molecule has 1 heterocycles. The van der Waals surface area contributed by atoms with Crippen LogP contribution >= 0.6 is 0 Å². The van der Waals surface area contributed by atoms with Crippen molar-refractivity contribution in [3.8, 4) is 0 Å². The van der Waals surface area contributed by atoms with E-state index in [1.165, 1.54) is 18.4 Å². The third-order valence-electron chi connectivity index (χ3n) is 5.99. The maximum absolute atomic E-state index is 11.1. The number of aliphatic carboxylic acids is 1. The van der Waals surface area contributed by atoms with Crippen LogP contribution in [-0.4, -0.2) is 22.8 Å². The molecule has 1 saturated heterocycles. The van der Waals surface area contributed by atoms with E-state index < -0.39 is 11.9 Å². The van der Waals surface area contributed by atoms with Crippen molar-refractivity contribution in [2.45, 2.75) is 84.3 Å². The van der Waals surface area contributed by atoms with Gasteiger partial charge in [-0.25, -0.2) is 9.78 Å². The summed E-state index contributed by atoms with van der Waals surface area (Å²) in [7, 11) is 0. The highest BCUT2D eigenvalue weighted by molar-refractivity contribution is 5.70. The Morgan fingerprint density at radius 2 is 2.09 bits per heavy atom. The minimum atomic E-state index is -0.831. The molecule has 132 valence electrons. The molecule has 1 saturated carbocycles. The number of hydrogen-bond acceptors (Lipinski definition) is 3. The first-order valence-corrected chi connectivity index (χ1v) is 8.90. The average molecular weight is 324 g/mol. The van der Waals surface area contributed by atoms with Gasteiger partial charge < -0.3 is 5.11 Å². The molecule has 0 radical (unpaired) electrons. The normalized spacial score (nSPS) is 35.7. The predicted octanol–water partition coefficient (Wildman–Crippen LogP) is 4.74. The van der Waals surface area contributed by atoms with E-state index in [-0.39, 0.29) is 11.7 Å². The second-order valence-corrected chi connectivity index (χ2v) is 8.43. The number of carboxylic acids is 1. The Balaban J connectivity index is 1.88. The van der Waals surface area contributed by atoms with Crippen LogP contribution in [0.4, 0.5) is 0 Å². The van der Waals surface area contributed by atoms with Gasteiger partial charge in [0, 0.05) is 0 Å². The zero-order valence-corrected chi connectivity index (χ0v) is 15.1. The van der Waals surface area contributed by atoms with Crippen LogP contribution in [0.15, 0.2) is 12.2 Å². The van der Waals surface area contributed by atoms with Crippen LogP contribution in [-0.2, 0) is 14.6 Å². The van der Waals surface area contributed by atoms with Crippen LogP contribution in [0.5, 0.6) is 0 Å². The molecule has 1 aliphatic carbocycles. The molecule has 2 rings (SSSR count). The first kappa shape index (κ1) is 18.5. The molecule has 4 atom stereocenters. The molecule has 4 nitrogen and oxygen atoms in total. The topological polar surface area (TPSA) is 55.8 Å². The molecule has 0 aromatic rings. The summed E-state index contributed by atoms with van der Waals surface area (Å²) in [5, 5.41) is 9.08. The van der Waals surface area contributed by atoms with E-state index in [4.69, 9.17) is 14.9 Å². The lowest BCUT2D eigenvalue weighted by Gasteiger charge is -2.43. The summed E-state index contributed by atoms with van der Waals surface area (Å²) >= 11 is 0. The molecular weight excluding hydrogens is 292 g/mol. The van der Waals surface area contributed by atoms with E-state index in [1.807, 2.05) is 0 Å². The van der Waals surface area contributed by atoms with Crippen LogP contribution in [0.2, 0.25) is 0 Å². The number of rotatable bonds is 5. The Bertz CT molecular complexity index is 446. The fourth-order valence-electron chi connectivity index (χ4n) is 4.09. The van der Waals surface area contributed by atoms with Gasteiger partial charge >= 0.3 is 5.97 Å². The van der Waals surface area contributed by atoms with E-state index in [0.717, 1.165) is 32.1 Å². The van der Waals surface area contributed by atoms with Crippen molar-refractivity contribution in [2.75, 3.05) is 0 Å². The largest absolute Gasteiger partial charge is 0.481 e.